The number of ether oxygens (including phenoxy) is 2. The molecule has 1 aliphatic heterocycles. The minimum atomic E-state index is -0.233. The predicted molar refractivity (Wildman–Crippen MR) is 111 cm³/mol. The molecule has 1 fully saturated rings. The van der Waals surface area contributed by atoms with E-state index in [2.05, 4.69) is 11.8 Å². The number of carbonyl (C=O) groups is 1. The van der Waals surface area contributed by atoms with Gasteiger partial charge in [0.2, 0.25) is 0 Å². The average molecular weight is 421 g/mol. The number of methoxy groups -OCH3 is 1. The Labute approximate surface area is 176 Å². The Morgan fingerprint density at radius 2 is 1.83 bits per heavy atom. The number of halogens is 2. The molecule has 0 aromatic heterocycles. The second-order valence-corrected chi connectivity index (χ2v) is 7.82. The highest BCUT2D eigenvalue weighted by Crippen LogP contribution is 2.30. The number of piperazine rings is 1. The molecule has 2 atom stereocenters. The second kappa shape index (κ2) is 9.46. The van der Waals surface area contributed by atoms with Gasteiger partial charge in [-0.1, -0.05) is 23.7 Å². The van der Waals surface area contributed by atoms with Crippen molar-refractivity contribution in [1.82, 2.24) is 9.80 Å². The topological polar surface area (TPSA) is 42.0 Å². The second-order valence-electron chi connectivity index (χ2n) is 7.38. The molecule has 2 aromatic rings. The molecule has 2 aromatic carbocycles. The van der Waals surface area contributed by atoms with Gasteiger partial charge in [0.1, 0.15) is 5.82 Å². The first-order valence-electron chi connectivity index (χ1n) is 9.61. The van der Waals surface area contributed by atoms with E-state index in [1.807, 2.05) is 11.8 Å². The lowest BCUT2D eigenvalue weighted by Crippen LogP contribution is -2.58. The fraction of sp³-hybridized carbons (Fsp3) is 0.409. The third kappa shape index (κ3) is 5.40. The van der Waals surface area contributed by atoms with Crippen LogP contribution in [0.2, 0.25) is 5.02 Å². The lowest BCUT2D eigenvalue weighted by atomic mass is 10.1. The first-order valence-corrected chi connectivity index (χ1v) is 9.99. The van der Waals surface area contributed by atoms with E-state index in [1.165, 1.54) is 19.2 Å². The van der Waals surface area contributed by atoms with Crippen LogP contribution >= 0.6 is 11.6 Å². The molecular formula is C22H26ClFN2O3. The Bertz CT molecular complexity index is 846. The Balaban J connectivity index is 1.58. The Kier molecular flexibility index (Phi) is 6.98. The number of amides is 1. The number of hydrogen-bond acceptors (Lipinski definition) is 4. The SMILES string of the molecule is COc1cc(Cl)ccc1OCC(=O)N1C[C@@H](C)N(Cc2ccc(F)cc2)C[C@@H]1C. The summed E-state index contributed by atoms with van der Waals surface area (Å²) >= 11 is 5.96. The van der Waals surface area contributed by atoms with Crippen LogP contribution in [0, 0.1) is 5.82 Å². The summed E-state index contributed by atoms with van der Waals surface area (Å²) in [6.45, 7) is 6.15. The Hall–Kier alpha value is -2.31. The highest BCUT2D eigenvalue weighted by molar-refractivity contribution is 6.30. The first-order chi connectivity index (χ1) is 13.9. The van der Waals surface area contributed by atoms with Gasteiger partial charge in [-0.15, -0.1) is 0 Å². The molecule has 0 bridgehead atoms. The number of rotatable bonds is 6. The monoisotopic (exact) mass is 420 g/mol. The third-order valence-corrected chi connectivity index (χ3v) is 5.45. The summed E-state index contributed by atoms with van der Waals surface area (Å²) in [4.78, 5) is 16.9. The van der Waals surface area contributed by atoms with Crippen LogP contribution in [0.1, 0.15) is 19.4 Å². The molecule has 29 heavy (non-hydrogen) atoms. The fourth-order valence-electron chi connectivity index (χ4n) is 3.57. The van der Waals surface area contributed by atoms with Crippen molar-refractivity contribution in [2.75, 3.05) is 26.8 Å². The van der Waals surface area contributed by atoms with Gasteiger partial charge >= 0.3 is 0 Å². The van der Waals surface area contributed by atoms with Crippen molar-refractivity contribution in [3.63, 3.8) is 0 Å². The van der Waals surface area contributed by atoms with Crippen LogP contribution in [0.3, 0.4) is 0 Å². The molecule has 0 N–H and O–H groups in total. The molecule has 0 aliphatic carbocycles. The van der Waals surface area contributed by atoms with Crippen LogP contribution in [0.5, 0.6) is 11.5 Å². The summed E-state index contributed by atoms with van der Waals surface area (Å²) in [5.74, 6) is 0.683. The number of hydrogen-bond donors (Lipinski definition) is 0. The standard InChI is InChI=1S/C22H26ClFN2O3/c1-15-12-26(16(2)11-25(15)13-17-4-7-19(24)8-5-17)22(27)14-29-20-9-6-18(23)10-21(20)28-3/h4-10,15-16H,11-14H2,1-3H3/t15-,16+/m1/s1. The van der Waals surface area contributed by atoms with E-state index in [0.717, 1.165) is 18.7 Å². The molecule has 7 heteroatoms. The molecule has 0 unspecified atom stereocenters. The van der Waals surface area contributed by atoms with Gasteiger partial charge < -0.3 is 14.4 Å². The zero-order chi connectivity index (χ0) is 21.0. The maximum atomic E-state index is 13.1. The van der Waals surface area contributed by atoms with Gasteiger partial charge in [0.05, 0.1) is 7.11 Å². The largest absolute Gasteiger partial charge is 0.493 e. The molecule has 1 saturated heterocycles. The van der Waals surface area contributed by atoms with Gasteiger partial charge in [-0.3, -0.25) is 9.69 Å². The highest BCUT2D eigenvalue weighted by atomic mass is 35.5. The number of nitrogens with zero attached hydrogens (tertiary/aromatic N) is 2. The maximum absolute atomic E-state index is 13.1. The van der Waals surface area contributed by atoms with E-state index >= 15 is 0 Å². The first kappa shape index (κ1) is 21.4. The van der Waals surface area contributed by atoms with Crippen LogP contribution in [0.15, 0.2) is 42.5 Å². The van der Waals surface area contributed by atoms with Crippen LogP contribution < -0.4 is 9.47 Å². The van der Waals surface area contributed by atoms with Gasteiger partial charge in [-0.2, -0.15) is 0 Å². The zero-order valence-electron chi connectivity index (χ0n) is 16.9. The van der Waals surface area contributed by atoms with E-state index in [1.54, 1.807) is 30.3 Å². The van der Waals surface area contributed by atoms with Crippen molar-refractivity contribution in [3.05, 3.63) is 58.9 Å². The quantitative estimate of drug-likeness (QED) is 0.708. The van der Waals surface area contributed by atoms with Crippen molar-refractivity contribution in [1.29, 1.82) is 0 Å². The summed E-state index contributed by atoms with van der Waals surface area (Å²) in [5.41, 5.74) is 1.06. The average Bonchev–Trinajstić information content (AvgIpc) is 2.70. The van der Waals surface area contributed by atoms with E-state index < -0.39 is 0 Å². The Morgan fingerprint density at radius 3 is 2.52 bits per heavy atom. The molecule has 1 amide bonds. The fourth-order valence-corrected chi connectivity index (χ4v) is 3.74. The lowest BCUT2D eigenvalue weighted by molar-refractivity contribution is -0.139. The summed E-state index contributed by atoms with van der Waals surface area (Å²) in [5, 5.41) is 0.542. The Morgan fingerprint density at radius 1 is 1.10 bits per heavy atom. The molecule has 0 radical (unpaired) electrons. The van der Waals surface area contributed by atoms with Crippen LogP contribution in [0.4, 0.5) is 4.39 Å². The lowest BCUT2D eigenvalue weighted by Gasteiger charge is -2.44. The molecule has 156 valence electrons. The van der Waals surface area contributed by atoms with Gasteiger partial charge in [0, 0.05) is 42.8 Å². The van der Waals surface area contributed by atoms with Gasteiger partial charge in [0.25, 0.3) is 5.91 Å². The highest BCUT2D eigenvalue weighted by Gasteiger charge is 2.32. The smallest absolute Gasteiger partial charge is 0.260 e. The third-order valence-electron chi connectivity index (χ3n) is 5.21. The summed E-state index contributed by atoms with van der Waals surface area (Å²) in [6.07, 6.45) is 0. The van der Waals surface area contributed by atoms with Gasteiger partial charge in [-0.05, 0) is 43.7 Å². The number of carbonyl (C=O) groups excluding carboxylic acids is 1. The maximum Gasteiger partial charge on any atom is 0.260 e. The van der Waals surface area contributed by atoms with Crippen molar-refractivity contribution < 1.29 is 18.7 Å². The molecular weight excluding hydrogens is 395 g/mol. The molecule has 5 nitrogen and oxygen atoms in total. The van der Waals surface area contributed by atoms with Gasteiger partial charge in [0.15, 0.2) is 18.1 Å². The van der Waals surface area contributed by atoms with Crippen molar-refractivity contribution in [3.8, 4) is 11.5 Å². The minimum absolute atomic E-state index is 0.0508. The van der Waals surface area contributed by atoms with Crippen molar-refractivity contribution in [2.45, 2.75) is 32.5 Å². The molecule has 0 saturated carbocycles. The van der Waals surface area contributed by atoms with Crippen molar-refractivity contribution >= 4 is 17.5 Å². The van der Waals surface area contributed by atoms with Crippen LogP contribution in [-0.4, -0.2) is 54.6 Å². The van der Waals surface area contributed by atoms with Gasteiger partial charge in [-0.25, -0.2) is 4.39 Å². The molecule has 1 heterocycles. The van der Waals surface area contributed by atoms with E-state index in [-0.39, 0.29) is 30.4 Å². The predicted octanol–water partition coefficient (Wildman–Crippen LogP) is 3.99. The zero-order valence-corrected chi connectivity index (χ0v) is 17.7. The van der Waals surface area contributed by atoms with E-state index in [9.17, 15) is 9.18 Å². The van der Waals surface area contributed by atoms with E-state index in [4.69, 9.17) is 21.1 Å². The summed E-state index contributed by atoms with van der Waals surface area (Å²) in [6, 6.07) is 11.8. The number of benzene rings is 2. The van der Waals surface area contributed by atoms with Crippen molar-refractivity contribution in [2.24, 2.45) is 0 Å². The molecule has 0 spiro atoms. The molecule has 3 rings (SSSR count). The minimum Gasteiger partial charge on any atom is -0.493 e. The summed E-state index contributed by atoms with van der Waals surface area (Å²) in [7, 11) is 1.53. The van der Waals surface area contributed by atoms with E-state index in [0.29, 0.717) is 23.1 Å². The van der Waals surface area contributed by atoms with Crippen LogP contribution in [0.25, 0.3) is 0 Å². The molecule has 1 aliphatic rings. The normalized spacial score (nSPS) is 19.8. The van der Waals surface area contributed by atoms with Crippen LogP contribution in [-0.2, 0) is 11.3 Å². The summed E-state index contributed by atoms with van der Waals surface area (Å²) < 4.78 is 24.1.